The van der Waals surface area contributed by atoms with Crippen molar-refractivity contribution in [3.63, 3.8) is 0 Å². The topological polar surface area (TPSA) is 66.9 Å². The van der Waals surface area contributed by atoms with Crippen LogP contribution in [0, 0.1) is 19.7 Å². The molecule has 160 valence electrons. The van der Waals surface area contributed by atoms with Crippen molar-refractivity contribution in [1.29, 1.82) is 0 Å². The summed E-state index contributed by atoms with van der Waals surface area (Å²) in [6.07, 6.45) is 0.786. The standard InChI is InChI=1S/C22H25FN2O4S/c1-16-3-4-18(15-17(16)2)21(26)24-11-9-22(10-12-24)25(13-14-29-22)30(27,28)20-7-5-19(23)6-8-20/h3-8,15H,9-14H2,1-2H3. The monoisotopic (exact) mass is 432 g/mol. The van der Waals surface area contributed by atoms with Crippen molar-refractivity contribution in [3.8, 4) is 0 Å². The zero-order chi connectivity index (χ0) is 21.5. The van der Waals surface area contributed by atoms with Crippen LogP contribution in [0.2, 0.25) is 0 Å². The summed E-state index contributed by atoms with van der Waals surface area (Å²) in [5.41, 5.74) is 1.86. The van der Waals surface area contributed by atoms with E-state index in [2.05, 4.69) is 0 Å². The molecule has 2 fully saturated rings. The van der Waals surface area contributed by atoms with E-state index in [1.165, 1.54) is 16.4 Å². The fraction of sp³-hybridized carbons (Fsp3) is 0.409. The molecule has 2 aliphatic rings. The van der Waals surface area contributed by atoms with Gasteiger partial charge in [0.25, 0.3) is 5.91 Å². The van der Waals surface area contributed by atoms with Crippen LogP contribution in [0.25, 0.3) is 0 Å². The van der Waals surface area contributed by atoms with Crippen molar-refractivity contribution in [3.05, 3.63) is 65.0 Å². The van der Waals surface area contributed by atoms with Gasteiger partial charge in [-0.05, 0) is 61.4 Å². The van der Waals surface area contributed by atoms with Crippen LogP contribution < -0.4 is 0 Å². The number of halogens is 1. The Morgan fingerprint density at radius 1 is 1.00 bits per heavy atom. The average molecular weight is 433 g/mol. The number of hydrogen-bond acceptors (Lipinski definition) is 4. The van der Waals surface area contributed by atoms with Crippen LogP contribution in [0.15, 0.2) is 47.4 Å². The van der Waals surface area contributed by atoms with Crippen molar-refractivity contribution in [1.82, 2.24) is 9.21 Å². The molecule has 2 saturated heterocycles. The predicted molar refractivity (Wildman–Crippen MR) is 110 cm³/mol. The number of likely N-dealkylation sites (tertiary alicyclic amines) is 1. The van der Waals surface area contributed by atoms with Gasteiger partial charge in [-0.2, -0.15) is 4.31 Å². The second-order valence-electron chi connectivity index (χ2n) is 7.92. The second kappa shape index (κ2) is 7.76. The third-order valence-electron chi connectivity index (χ3n) is 6.11. The molecule has 8 heteroatoms. The number of carbonyl (C=O) groups is 1. The van der Waals surface area contributed by atoms with Gasteiger partial charge < -0.3 is 9.64 Å². The van der Waals surface area contributed by atoms with Crippen LogP contribution in [-0.4, -0.2) is 55.5 Å². The zero-order valence-electron chi connectivity index (χ0n) is 17.1. The van der Waals surface area contributed by atoms with Crippen molar-refractivity contribution in [2.75, 3.05) is 26.2 Å². The molecule has 1 spiro atoms. The normalized spacial score (nSPS) is 19.4. The second-order valence-corrected chi connectivity index (χ2v) is 9.78. The summed E-state index contributed by atoms with van der Waals surface area (Å²) in [5, 5.41) is 0. The molecule has 30 heavy (non-hydrogen) atoms. The Kier molecular flexibility index (Phi) is 5.42. The highest BCUT2D eigenvalue weighted by atomic mass is 32.2. The van der Waals surface area contributed by atoms with Gasteiger partial charge in [0.15, 0.2) is 0 Å². The summed E-state index contributed by atoms with van der Waals surface area (Å²) < 4.78 is 46.9. The first-order chi connectivity index (χ1) is 14.2. The molecule has 6 nitrogen and oxygen atoms in total. The van der Waals surface area contributed by atoms with Crippen LogP contribution in [0.3, 0.4) is 0 Å². The molecule has 0 N–H and O–H groups in total. The molecule has 2 aromatic rings. The molecule has 1 amide bonds. The van der Waals surface area contributed by atoms with Crippen LogP contribution in [0.4, 0.5) is 4.39 Å². The van der Waals surface area contributed by atoms with Gasteiger partial charge in [-0.1, -0.05) is 6.07 Å². The third kappa shape index (κ3) is 3.64. The summed E-state index contributed by atoms with van der Waals surface area (Å²) in [6, 6.07) is 10.5. The number of benzene rings is 2. The van der Waals surface area contributed by atoms with E-state index in [9.17, 15) is 17.6 Å². The van der Waals surface area contributed by atoms with Crippen molar-refractivity contribution in [2.24, 2.45) is 0 Å². The minimum atomic E-state index is -3.83. The van der Waals surface area contributed by atoms with Crippen molar-refractivity contribution in [2.45, 2.75) is 37.3 Å². The van der Waals surface area contributed by atoms with E-state index in [4.69, 9.17) is 4.74 Å². The minimum Gasteiger partial charge on any atom is -0.358 e. The highest BCUT2D eigenvalue weighted by Gasteiger charge is 2.51. The number of sulfonamides is 1. The molecule has 0 aromatic heterocycles. The first kappa shape index (κ1) is 21.0. The number of rotatable bonds is 3. The number of amides is 1. The molecule has 0 unspecified atom stereocenters. The zero-order valence-corrected chi connectivity index (χ0v) is 17.9. The lowest BCUT2D eigenvalue weighted by atomic mass is 9.99. The maximum absolute atomic E-state index is 13.2. The summed E-state index contributed by atoms with van der Waals surface area (Å²) in [4.78, 5) is 14.7. The van der Waals surface area contributed by atoms with Crippen LogP contribution in [0.5, 0.6) is 0 Å². The fourth-order valence-corrected chi connectivity index (χ4v) is 5.90. The molecular formula is C22H25FN2O4S. The summed E-state index contributed by atoms with van der Waals surface area (Å²) in [7, 11) is -3.83. The van der Waals surface area contributed by atoms with Gasteiger partial charge in [-0.25, -0.2) is 12.8 Å². The number of aryl methyl sites for hydroxylation is 2. The summed E-state index contributed by atoms with van der Waals surface area (Å²) in [6.45, 7) is 5.32. The number of carbonyl (C=O) groups excluding carboxylic acids is 1. The molecule has 2 aliphatic heterocycles. The van der Waals surface area contributed by atoms with E-state index in [0.717, 1.165) is 23.3 Å². The lowest BCUT2D eigenvalue weighted by Crippen LogP contribution is -2.55. The maximum atomic E-state index is 13.2. The van der Waals surface area contributed by atoms with Crippen LogP contribution >= 0.6 is 0 Å². The van der Waals surface area contributed by atoms with Gasteiger partial charge in [-0.15, -0.1) is 0 Å². The van der Waals surface area contributed by atoms with E-state index >= 15 is 0 Å². The Morgan fingerprint density at radius 3 is 2.30 bits per heavy atom. The van der Waals surface area contributed by atoms with E-state index in [-0.39, 0.29) is 17.3 Å². The van der Waals surface area contributed by atoms with Gasteiger partial charge in [-0.3, -0.25) is 4.79 Å². The Morgan fingerprint density at radius 2 is 1.67 bits per heavy atom. The smallest absolute Gasteiger partial charge is 0.253 e. The average Bonchev–Trinajstić information content (AvgIpc) is 3.14. The predicted octanol–water partition coefficient (Wildman–Crippen LogP) is 3.10. The SMILES string of the molecule is Cc1ccc(C(=O)N2CCC3(CC2)OCCN3S(=O)(=O)c2ccc(F)cc2)cc1C. The van der Waals surface area contributed by atoms with Gasteiger partial charge in [0.05, 0.1) is 11.5 Å². The molecule has 0 radical (unpaired) electrons. The Labute approximate surface area is 176 Å². The number of hydrogen-bond donors (Lipinski definition) is 0. The number of ether oxygens (including phenoxy) is 1. The summed E-state index contributed by atoms with van der Waals surface area (Å²) >= 11 is 0. The minimum absolute atomic E-state index is 0.0439. The third-order valence-corrected chi connectivity index (χ3v) is 8.07. The summed E-state index contributed by atoms with van der Waals surface area (Å²) in [5.74, 6) is -0.543. The van der Waals surface area contributed by atoms with Crippen molar-refractivity contribution < 1.29 is 22.3 Å². The Bertz CT molecular complexity index is 1060. The van der Waals surface area contributed by atoms with E-state index < -0.39 is 21.6 Å². The number of nitrogens with zero attached hydrogens (tertiary/aromatic N) is 2. The highest BCUT2D eigenvalue weighted by Crippen LogP contribution is 2.38. The van der Waals surface area contributed by atoms with Crippen molar-refractivity contribution >= 4 is 15.9 Å². The van der Waals surface area contributed by atoms with Crippen LogP contribution in [0.1, 0.15) is 34.3 Å². The van der Waals surface area contributed by atoms with Gasteiger partial charge >= 0.3 is 0 Å². The molecule has 4 rings (SSSR count). The molecule has 0 aliphatic carbocycles. The molecule has 0 atom stereocenters. The molecule has 0 bridgehead atoms. The highest BCUT2D eigenvalue weighted by molar-refractivity contribution is 7.89. The Balaban J connectivity index is 1.52. The fourth-order valence-electron chi connectivity index (χ4n) is 4.18. The lowest BCUT2D eigenvalue weighted by Gasteiger charge is -2.42. The van der Waals surface area contributed by atoms with Gasteiger partial charge in [0.1, 0.15) is 11.5 Å². The first-order valence-electron chi connectivity index (χ1n) is 10.0. The largest absolute Gasteiger partial charge is 0.358 e. The molecule has 2 aromatic carbocycles. The lowest BCUT2D eigenvalue weighted by molar-refractivity contribution is -0.0857. The van der Waals surface area contributed by atoms with E-state index in [1.54, 1.807) is 4.90 Å². The Hall–Kier alpha value is -2.29. The quantitative estimate of drug-likeness (QED) is 0.748. The maximum Gasteiger partial charge on any atom is 0.253 e. The van der Waals surface area contributed by atoms with Gasteiger partial charge in [0, 0.05) is 38.0 Å². The first-order valence-corrected chi connectivity index (χ1v) is 11.5. The van der Waals surface area contributed by atoms with E-state index in [1.807, 2.05) is 32.0 Å². The van der Waals surface area contributed by atoms with Crippen LogP contribution in [-0.2, 0) is 14.8 Å². The number of piperidine rings is 1. The molecule has 2 heterocycles. The van der Waals surface area contributed by atoms with Gasteiger partial charge in [0.2, 0.25) is 10.0 Å². The van der Waals surface area contributed by atoms with E-state index in [0.29, 0.717) is 38.1 Å². The molecule has 0 saturated carbocycles. The molecular weight excluding hydrogens is 407 g/mol.